The van der Waals surface area contributed by atoms with E-state index >= 15 is 0 Å². The molecule has 0 unspecified atom stereocenters. The number of ketones is 1. The molecule has 6 aromatic heterocycles. The van der Waals surface area contributed by atoms with Crippen LogP contribution < -0.4 is 77.8 Å². The summed E-state index contributed by atoms with van der Waals surface area (Å²) in [5.41, 5.74) is 13.0. The minimum atomic E-state index is -1.28. The molecule has 0 aliphatic carbocycles. The van der Waals surface area contributed by atoms with Gasteiger partial charge >= 0.3 is 0 Å². The molecule has 136 heavy (non-hydrogen) atoms. The number of carbonyl (C=O) groups excluding carboxylic acids is 1. The molecule has 6 rings (SSSR count). The van der Waals surface area contributed by atoms with E-state index in [1.165, 1.54) is 0 Å². The average Bonchev–Trinajstić information content (AvgIpc) is 0.871. The van der Waals surface area contributed by atoms with Crippen LogP contribution >= 0.6 is 0 Å². The van der Waals surface area contributed by atoms with E-state index in [-0.39, 0.29) is 76.7 Å². The first-order valence-electron chi connectivity index (χ1n) is 46.0. The third-order valence-electron chi connectivity index (χ3n) is 19.4. The van der Waals surface area contributed by atoms with Crippen molar-refractivity contribution >= 4 is 44.5 Å². The number of nitrogens with zero attached hydrogens (tertiary/aromatic N) is 7. The summed E-state index contributed by atoms with van der Waals surface area (Å²) < 4.78 is 137. The van der Waals surface area contributed by atoms with Gasteiger partial charge in [0.05, 0.1) is 119 Å². The topological polar surface area (TPSA) is 400 Å². The summed E-state index contributed by atoms with van der Waals surface area (Å²) in [4.78, 5) is 37.3. The van der Waals surface area contributed by atoms with E-state index in [4.69, 9.17) is 96.1 Å². The Labute approximate surface area is 848 Å². The van der Waals surface area contributed by atoms with Gasteiger partial charge in [-0.15, -0.1) is 0 Å². The predicted molar refractivity (Wildman–Crippen MR) is 542 cm³/mol. The standard InChI is InChI=1S/C19H34N2O4S.C19H32N2O4S.C16H28N2O3.C15H26N2O3.C15H23NO4.C11H17NO3.C4H11NOS.Y/c2*1-14(2)16(21-26(22)19(3,4)5)11-15-12-17(18(24-7)20-13-15)25-10-8-9-23-6;1-12(2)14(17-3)9-13-10-15(16(20-5)18-11-13)21-8-6-7-19-4;1-11(2)13(16)8-12-9-14(15(19-4)17-10-12)20-7-5-6-18-3;1-11(2)13(17)8-12-9-14(15(19-4)16-10-12)20-7-5-6-18-3;1-9-7-10(11(14-3)12-8-9)15-6-4-5-13-2;1-4(2,3)7(5)6;/h12-14,16,21H,8-11H2,1-7H3;12-14H,8-11H2,1-7H3;10-12,14,17H,6-9H2,1-5H3;9-11,13H,5-8,16H2,1-4H3;9-11H,5-8H2,1-4H3;7-8H,4-6H2,1-3H3;5H2,1-3H3;/t16-,26-;26-;14-;13-;;;7-;/m0000..0./s1. The second-order valence-electron chi connectivity index (χ2n) is 35.9. The molecule has 0 fully saturated rings. The monoisotopic (exact) mass is 2050 g/mol. The molecule has 0 spiro atoms. The number of rotatable bonds is 55. The van der Waals surface area contributed by atoms with Crippen molar-refractivity contribution < 1.29 is 135 Å². The van der Waals surface area contributed by atoms with Crippen LogP contribution in [0.25, 0.3) is 0 Å². The number of methoxy groups -OCH3 is 12. The van der Waals surface area contributed by atoms with Gasteiger partial charge in [0.1, 0.15) is 16.8 Å². The van der Waals surface area contributed by atoms with Gasteiger partial charge in [-0.25, -0.2) is 47.3 Å². The Hall–Kier alpha value is -7.01. The summed E-state index contributed by atoms with van der Waals surface area (Å²) in [5.74, 6) is 8.47. The van der Waals surface area contributed by atoms with E-state index in [9.17, 15) is 17.4 Å². The quantitative estimate of drug-likeness (QED) is 0.0203. The molecule has 0 aliphatic heterocycles. The molecule has 6 N–H and O–H groups in total. The summed E-state index contributed by atoms with van der Waals surface area (Å²) in [6.45, 7) is 47.3. The van der Waals surface area contributed by atoms with Crippen LogP contribution in [0, 0.1) is 36.5 Å². The van der Waals surface area contributed by atoms with Crippen molar-refractivity contribution in [3.63, 3.8) is 0 Å². The molecule has 37 heteroatoms. The Morgan fingerprint density at radius 2 is 0.647 bits per heavy atom. The molecule has 0 amide bonds. The number of Topliss-reactive ketones (excluding diaryl/α,β-unsaturated/α-hetero) is 1. The molecular formula is C99H171N11O22S3Y. The maximum Gasteiger partial charge on any atom is 0.256 e. The number of nitrogens with one attached hydrogen (secondary N) is 2. The average molecular weight is 2050 g/mol. The van der Waals surface area contributed by atoms with Crippen LogP contribution in [-0.2, 0) is 131 Å². The molecule has 33 nitrogen and oxygen atoms in total. The fraction of sp³-hybridized carbons (Fsp3) is 0.677. The van der Waals surface area contributed by atoms with Crippen LogP contribution in [0.2, 0.25) is 0 Å². The minimum absolute atomic E-state index is 0. The zero-order chi connectivity index (χ0) is 102. The Bertz CT molecular complexity index is 4270. The number of hydrogen-bond acceptors (Lipinski definition) is 30. The van der Waals surface area contributed by atoms with Gasteiger partial charge < -0.3 is 96.3 Å². The zero-order valence-electron chi connectivity index (χ0n) is 88.4. The van der Waals surface area contributed by atoms with E-state index in [0.29, 0.717) is 192 Å². The number of ether oxygens (including phenoxy) is 18. The van der Waals surface area contributed by atoms with Gasteiger partial charge in [0, 0.05) is 233 Å². The number of aromatic nitrogens is 6. The maximum absolute atomic E-state index is 12.5. The van der Waals surface area contributed by atoms with E-state index in [1.54, 1.807) is 116 Å². The first kappa shape index (κ1) is 131. The summed E-state index contributed by atoms with van der Waals surface area (Å²) in [6, 6.07) is 12.2. The van der Waals surface area contributed by atoms with Crippen LogP contribution in [0.3, 0.4) is 0 Å². The summed E-state index contributed by atoms with van der Waals surface area (Å²) in [6.07, 6.45) is 18.8. The molecule has 6 atom stereocenters. The molecule has 6 aromatic rings. The Kier molecular flexibility index (Phi) is 72.2. The largest absolute Gasteiger partial charge is 0.488 e. The van der Waals surface area contributed by atoms with Crippen LogP contribution in [0.15, 0.2) is 78.0 Å². The fourth-order valence-corrected chi connectivity index (χ4v) is 12.6. The first-order chi connectivity index (χ1) is 63.9. The molecule has 0 aromatic carbocycles. The summed E-state index contributed by atoms with van der Waals surface area (Å²) in [7, 11) is 17.9. The minimum Gasteiger partial charge on any atom is -0.488 e. The van der Waals surface area contributed by atoms with Crippen molar-refractivity contribution in [2.45, 2.75) is 241 Å². The van der Waals surface area contributed by atoms with Gasteiger partial charge in [-0.05, 0) is 189 Å². The van der Waals surface area contributed by atoms with E-state index in [0.717, 1.165) is 90.5 Å². The first-order valence-corrected chi connectivity index (χ1v) is 49.5. The second-order valence-corrected chi connectivity index (χ2v) is 41.7. The van der Waals surface area contributed by atoms with Gasteiger partial charge in [-0.3, -0.25) is 9.93 Å². The number of nitrogens with two attached hydrogens (primary N) is 2. The molecule has 1 radical (unpaired) electrons. The molecular weight excluding hydrogens is 1880 g/mol. The summed E-state index contributed by atoms with van der Waals surface area (Å²) in [5, 5.41) is 8.38. The van der Waals surface area contributed by atoms with Gasteiger partial charge in [-0.1, -0.05) is 69.2 Å². The van der Waals surface area contributed by atoms with Crippen molar-refractivity contribution in [2.24, 2.45) is 44.9 Å². The molecule has 0 aliphatic rings. The number of aryl methyl sites for hydroxylation is 1. The van der Waals surface area contributed by atoms with Gasteiger partial charge in [0.15, 0.2) is 34.5 Å². The number of pyridine rings is 6. The maximum atomic E-state index is 12.5. The van der Waals surface area contributed by atoms with E-state index in [2.05, 4.69) is 99.7 Å². The van der Waals surface area contributed by atoms with Crippen molar-refractivity contribution in [2.75, 3.05) is 172 Å². The SMILES string of the molecule is CC(C)(C)[S@@](N)=O.CN[C@@H](Cc1cnc(OC)c(OCCCOC)c1)C(C)C.COCCCOc1cc(C)cnc1OC.COCCCOc1cc(CC(=N[S@@](=O)C(C)(C)C)C(C)C)cnc1OC.COCCCOc1cc(CC(=O)C(C)C)cnc1OC.COCCCOc1cc(C[C@H](N)C(C)C)cnc1OC.COCCCOc1cc(C[C@H](N[S@@](=O)C(C)(C)C)C(C)C)cnc1OC.[Y]. The van der Waals surface area contributed by atoms with E-state index in [1.807, 2.05) is 133 Å². The fourth-order valence-electron chi connectivity index (χ4n) is 10.9. The molecule has 0 saturated carbocycles. The Balaban J connectivity index is 0. The normalized spacial score (nSPS) is 12.7. The van der Waals surface area contributed by atoms with Crippen molar-refractivity contribution in [1.29, 1.82) is 0 Å². The van der Waals surface area contributed by atoms with Crippen LogP contribution in [0.4, 0.5) is 0 Å². The Morgan fingerprint density at radius 1 is 0.375 bits per heavy atom. The van der Waals surface area contributed by atoms with Gasteiger partial charge in [-0.2, -0.15) is 4.40 Å². The smallest absolute Gasteiger partial charge is 0.256 e. The number of hydrogen-bond donors (Lipinski definition) is 4. The molecule has 6 heterocycles. The van der Waals surface area contributed by atoms with Crippen LogP contribution in [0.1, 0.15) is 203 Å². The Morgan fingerprint density at radius 3 is 0.897 bits per heavy atom. The summed E-state index contributed by atoms with van der Waals surface area (Å²) >= 11 is 0. The zero-order valence-corrected chi connectivity index (χ0v) is 93.7. The number of likely N-dealkylation sites (N-methyl/N-ethyl adjacent to an activating group) is 1. The third kappa shape index (κ3) is 57.7. The molecule has 0 saturated heterocycles. The van der Waals surface area contributed by atoms with Crippen LogP contribution in [0.5, 0.6) is 69.8 Å². The van der Waals surface area contributed by atoms with Gasteiger partial charge in [0.2, 0.25) is 0 Å². The molecule has 0 bridgehead atoms. The number of carbonyl (C=O) groups is 1. The van der Waals surface area contributed by atoms with Gasteiger partial charge in [0.25, 0.3) is 35.3 Å². The molecule has 775 valence electrons. The van der Waals surface area contributed by atoms with Crippen molar-refractivity contribution in [3.05, 3.63) is 107 Å². The second kappa shape index (κ2) is 74.9. The third-order valence-corrected chi connectivity index (χ3v) is 23.7. The predicted octanol–water partition coefficient (Wildman–Crippen LogP) is 15.5. The van der Waals surface area contributed by atoms with E-state index < -0.39 is 33.0 Å². The van der Waals surface area contributed by atoms with Crippen molar-refractivity contribution in [3.8, 4) is 69.8 Å². The van der Waals surface area contributed by atoms with Crippen LogP contribution in [-0.4, -0.2) is 258 Å². The van der Waals surface area contributed by atoms with Crippen molar-refractivity contribution in [1.82, 2.24) is 39.9 Å².